The Bertz CT molecular complexity index is 403. The second-order valence-electron chi connectivity index (χ2n) is 7.76. The molecule has 1 saturated carbocycles. The summed E-state index contributed by atoms with van der Waals surface area (Å²) in [5, 5.41) is 6.54. The minimum atomic E-state index is 0. The molecule has 0 aromatic carbocycles. The average Bonchev–Trinajstić information content (AvgIpc) is 3.18. The standard InChI is InChI=1S/C17H31N3O2.2ClH/c1-13(2)11-20-7-8-22-14(12-20)10-19-16(21)15-9-17(15)3-5-18-6-4-17;;/h13-15,18H,3-12H2,1-2H3,(H,19,21);2*1H. The Labute approximate surface area is 158 Å². The smallest absolute Gasteiger partial charge is 0.223 e. The van der Waals surface area contributed by atoms with Gasteiger partial charge in [-0.15, -0.1) is 24.8 Å². The predicted molar refractivity (Wildman–Crippen MR) is 101 cm³/mol. The zero-order valence-electron chi connectivity index (χ0n) is 14.9. The van der Waals surface area contributed by atoms with Crippen molar-refractivity contribution in [2.45, 2.75) is 39.2 Å². The van der Waals surface area contributed by atoms with Crippen LogP contribution < -0.4 is 10.6 Å². The second kappa shape index (κ2) is 9.58. The van der Waals surface area contributed by atoms with Crippen molar-refractivity contribution in [2.75, 3.05) is 45.9 Å². The summed E-state index contributed by atoms with van der Waals surface area (Å²) in [5.74, 6) is 1.19. The Hall–Kier alpha value is -0.0700. The van der Waals surface area contributed by atoms with Crippen LogP contribution in [0.1, 0.15) is 33.1 Å². The molecular formula is C17H33Cl2N3O2. The van der Waals surface area contributed by atoms with Gasteiger partial charge in [0.25, 0.3) is 0 Å². The molecule has 2 saturated heterocycles. The minimum absolute atomic E-state index is 0. The Morgan fingerprint density at radius 1 is 1.33 bits per heavy atom. The SMILES string of the molecule is CC(C)CN1CCOC(CNC(=O)C2CC23CCNCC3)C1.Cl.Cl. The number of halogens is 2. The number of ether oxygens (including phenoxy) is 1. The molecule has 1 aliphatic carbocycles. The van der Waals surface area contributed by atoms with E-state index in [1.807, 2.05) is 0 Å². The molecular weight excluding hydrogens is 349 g/mol. The second-order valence-corrected chi connectivity index (χ2v) is 7.76. The largest absolute Gasteiger partial charge is 0.374 e. The summed E-state index contributed by atoms with van der Waals surface area (Å²) in [6.07, 6.45) is 3.56. The third kappa shape index (κ3) is 5.46. The zero-order valence-corrected chi connectivity index (χ0v) is 16.5. The number of carbonyl (C=O) groups excluding carboxylic acids is 1. The van der Waals surface area contributed by atoms with Crippen LogP contribution in [-0.4, -0.2) is 62.8 Å². The number of hydrogen-bond acceptors (Lipinski definition) is 4. The molecule has 1 amide bonds. The highest BCUT2D eigenvalue weighted by Crippen LogP contribution is 2.58. The lowest BCUT2D eigenvalue weighted by Gasteiger charge is -2.34. The fourth-order valence-corrected chi connectivity index (χ4v) is 4.12. The van der Waals surface area contributed by atoms with Gasteiger partial charge in [0, 0.05) is 32.1 Å². The van der Waals surface area contributed by atoms with Gasteiger partial charge in [0.05, 0.1) is 12.7 Å². The number of morpholine rings is 1. The zero-order chi connectivity index (χ0) is 15.6. The van der Waals surface area contributed by atoms with E-state index in [0.29, 0.717) is 17.9 Å². The molecule has 2 heterocycles. The molecule has 5 nitrogen and oxygen atoms in total. The number of nitrogens with zero attached hydrogens (tertiary/aromatic N) is 1. The maximum absolute atomic E-state index is 12.4. The van der Waals surface area contributed by atoms with E-state index in [-0.39, 0.29) is 42.7 Å². The maximum atomic E-state index is 12.4. The molecule has 0 aromatic heterocycles. The van der Waals surface area contributed by atoms with E-state index >= 15 is 0 Å². The topological polar surface area (TPSA) is 53.6 Å². The Kier molecular flexibility index (Phi) is 8.77. The molecule has 2 N–H and O–H groups in total. The molecule has 0 aromatic rings. The quantitative estimate of drug-likeness (QED) is 0.760. The van der Waals surface area contributed by atoms with E-state index in [1.165, 1.54) is 0 Å². The van der Waals surface area contributed by atoms with Crippen molar-refractivity contribution in [1.82, 2.24) is 15.5 Å². The predicted octanol–water partition coefficient (Wildman–Crippen LogP) is 1.69. The van der Waals surface area contributed by atoms with Crippen LogP contribution in [0.3, 0.4) is 0 Å². The summed E-state index contributed by atoms with van der Waals surface area (Å²) < 4.78 is 5.81. The van der Waals surface area contributed by atoms with Gasteiger partial charge in [0.1, 0.15) is 0 Å². The van der Waals surface area contributed by atoms with Gasteiger partial charge in [-0.05, 0) is 43.7 Å². The molecule has 142 valence electrons. The highest BCUT2D eigenvalue weighted by Gasteiger charge is 2.57. The van der Waals surface area contributed by atoms with Crippen LogP contribution in [0.15, 0.2) is 0 Å². The number of piperidine rings is 1. The number of amides is 1. The molecule has 7 heteroatoms. The van der Waals surface area contributed by atoms with E-state index in [1.54, 1.807) is 0 Å². The van der Waals surface area contributed by atoms with Gasteiger partial charge in [-0.1, -0.05) is 13.8 Å². The van der Waals surface area contributed by atoms with Crippen molar-refractivity contribution in [2.24, 2.45) is 17.3 Å². The highest BCUT2D eigenvalue weighted by atomic mass is 35.5. The molecule has 24 heavy (non-hydrogen) atoms. The summed E-state index contributed by atoms with van der Waals surface area (Å²) in [5.41, 5.74) is 0.326. The highest BCUT2D eigenvalue weighted by molar-refractivity contribution is 5.85. The first-order chi connectivity index (χ1) is 10.6. The van der Waals surface area contributed by atoms with Crippen LogP contribution in [0.5, 0.6) is 0 Å². The van der Waals surface area contributed by atoms with E-state index in [0.717, 1.165) is 58.6 Å². The lowest BCUT2D eigenvalue weighted by atomic mass is 9.92. The van der Waals surface area contributed by atoms with Gasteiger partial charge < -0.3 is 15.4 Å². The normalized spacial score (nSPS) is 28.8. The summed E-state index contributed by atoms with van der Waals surface area (Å²) in [6, 6.07) is 0. The lowest BCUT2D eigenvalue weighted by molar-refractivity contribution is -0.124. The maximum Gasteiger partial charge on any atom is 0.223 e. The molecule has 3 fully saturated rings. The summed E-state index contributed by atoms with van der Waals surface area (Å²) >= 11 is 0. The lowest BCUT2D eigenvalue weighted by Crippen LogP contribution is -2.48. The van der Waals surface area contributed by atoms with Crippen molar-refractivity contribution in [3.63, 3.8) is 0 Å². The number of rotatable bonds is 5. The molecule has 3 aliphatic rings. The van der Waals surface area contributed by atoms with Crippen LogP contribution in [-0.2, 0) is 9.53 Å². The summed E-state index contributed by atoms with van der Waals surface area (Å²) in [7, 11) is 0. The molecule has 0 bridgehead atoms. The van der Waals surface area contributed by atoms with Gasteiger partial charge in [-0.25, -0.2) is 0 Å². The Morgan fingerprint density at radius 2 is 2.04 bits per heavy atom. The molecule has 1 spiro atoms. The summed E-state index contributed by atoms with van der Waals surface area (Å²) in [6.45, 7) is 11.2. The third-order valence-corrected chi connectivity index (χ3v) is 5.46. The van der Waals surface area contributed by atoms with Gasteiger partial charge in [0.15, 0.2) is 0 Å². The number of carbonyl (C=O) groups is 1. The van der Waals surface area contributed by atoms with Crippen LogP contribution in [0.2, 0.25) is 0 Å². The molecule has 2 aliphatic heterocycles. The summed E-state index contributed by atoms with van der Waals surface area (Å²) in [4.78, 5) is 14.8. The molecule has 2 atom stereocenters. The van der Waals surface area contributed by atoms with Gasteiger partial charge in [0.2, 0.25) is 5.91 Å². The molecule has 3 rings (SSSR count). The average molecular weight is 382 g/mol. The first kappa shape index (κ1) is 22.0. The van der Waals surface area contributed by atoms with Crippen molar-refractivity contribution in [3.05, 3.63) is 0 Å². The first-order valence-electron chi connectivity index (χ1n) is 8.91. The fourth-order valence-electron chi connectivity index (χ4n) is 4.12. The van der Waals surface area contributed by atoms with Crippen molar-refractivity contribution < 1.29 is 9.53 Å². The van der Waals surface area contributed by atoms with Gasteiger partial charge in [-0.3, -0.25) is 9.69 Å². The van der Waals surface area contributed by atoms with E-state index < -0.39 is 0 Å². The van der Waals surface area contributed by atoms with Crippen LogP contribution in [0.4, 0.5) is 0 Å². The van der Waals surface area contributed by atoms with Gasteiger partial charge >= 0.3 is 0 Å². The minimum Gasteiger partial charge on any atom is -0.374 e. The van der Waals surface area contributed by atoms with Crippen LogP contribution >= 0.6 is 24.8 Å². The van der Waals surface area contributed by atoms with Gasteiger partial charge in [-0.2, -0.15) is 0 Å². The van der Waals surface area contributed by atoms with Crippen LogP contribution in [0.25, 0.3) is 0 Å². The van der Waals surface area contributed by atoms with Crippen LogP contribution in [0, 0.1) is 17.3 Å². The van der Waals surface area contributed by atoms with Crippen molar-refractivity contribution in [3.8, 4) is 0 Å². The number of hydrogen-bond donors (Lipinski definition) is 2. The van der Waals surface area contributed by atoms with Crippen molar-refractivity contribution in [1.29, 1.82) is 0 Å². The van der Waals surface area contributed by atoms with E-state index in [9.17, 15) is 4.79 Å². The monoisotopic (exact) mass is 381 g/mol. The first-order valence-corrected chi connectivity index (χ1v) is 8.91. The molecule has 0 radical (unpaired) electrons. The number of nitrogens with one attached hydrogen (secondary N) is 2. The van der Waals surface area contributed by atoms with E-state index in [2.05, 4.69) is 29.4 Å². The van der Waals surface area contributed by atoms with Crippen molar-refractivity contribution >= 4 is 30.7 Å². The Balaban J connectivity index is 0.00000144. The Morgan fingerprint density at radius 3 is 2.71 bits per heavy atom. The third-order valence-electron chi connectivity index (χ3n) is 5.46. The molecule has 2 unspecified atom stereocenters. The fraction of sp³-hybridized carbons (Fsp3) is 0.941. The van der Waals surface area contributed by atoms with E-state index in [4.69, 9.17) is 4.74 Å².